The molecule has 32 heavy (non-hydrogen) atoms. The predicted octanol–water partition coefficient (Wildman–Crippen LogP) is 5.85. The van der Waals surface area contributed by atoms with Gasteiger partial charge in [0, 0.05) is 5.69 Å². The van der Waals surface area contributed by atoms with E-state index >= 15 is 0 Å². The minimum Gasteiger partial charge on any atom is -0.465 e. The average Bonchev–Trinajstić information content (AvgIpc) is 2.82. The van der Waals surface area contributed by atoms with Crippen LogP contribution in [0.25, 0.3) is 11.1 Å². The van der Waals surface area contributed by atoms with Crippen LogP contribution in [0.3, 0.4) is 0 Å². The lowest BCUT2D eigenvalue weighted by Crippen LogP contribution is -2.15. The first-order valence-electron chi connectivity index (χ1n) is 10.8. The van der Waals surface area contributed by atoms with Gasteiger partial charge >= 0.3 is 5.97 Å². The molecule has 1 N–H and O–H groups in total. The molecule has 0 fully saturated rings. The zero-order chi connectivity index (χ0) is 23.1. The number of esters is 1. The van der Waals surface area contributed by atoms with E-state index in [1.54, 1.807) is 18.2 Å². The SMILES string of the molecule is CCCCc1ccc(-c2ccc(NS(=O)(=O)c3ccc(CC)c(C(=O)OC)c3)cc2)cc1. The lowest BCUT2D eigenvalue weighted by Gasteiger charge is -2.12. The second kappa shape index (κ2) is 10.5. The minimum atomic E-state index is -3.85. The molecule has 0 spiro atoms. The van der Waals surface area contributed by atoms with E-state index < -0.39 is 16.0 Å². The van der Waals surface area contributed by atoms with Gasteiger partial charge in [0.2, 0.25) is 0 Å². The van der Waals surface area contributed by atoms with Gasteiger partial charge in [-0.3, -0.25) is 4.72 Å². The molecule has 0 saturated heterocycles. The first-order valence-corrected chi connectivity index (χ1v) is 12.3. The summed E-state index contributed by atoms with van der Waals surface area (Å²) in [6.07, 6.45) is 4.02. The maximum Gasteiger partial charge on any atom is 0.338 e. The molecular weight excluding hydrogens is 422 g/mol. The van der Waals surface area contributed by atoms with E-state index in [1.807, 2.05) is 19.1 Å². The van der Waals surface area contributed by atoms with Crippen molar-refractivity contribution in [2.45, 2.75) is 44.4 Å². The van der Waals surface area contributed by atoms with Crippen molar-refractivity contribution in [3.05, 3.63) is 83.4 Å². The van der Waals surface area contributed by atoms with Crippen LogP contribution < -0.4 is 4.72 Å². The van der Waals surface area contributed by atoms with Gasteiger partial charge in [-0.1, -0.05) is 62.7 Å². The minimum absolute atomic E-state index is 0.0156. The summed E-state index contributed by atoms with van der Waals surface area (Å²) in [5.41, 5.74) is 4.86. The Hall–Kier alpha value is -3.12. The monoisotopic (exact) mass is 451 g/mol. The Balaban J connectivity index is 1.78. The van der Waals surface area contributed by atoms with Crippen molar-refractivity contribution in [1.29, 1.82) is 0 Å². The maximum absolute atomic E-state index is 12.9. The third-order valence-corrected chi connectivity index (χ3v) is 6.80. The summed E-state index contributed by atoms with van der Waals surface area (Å²) in [6, 6.07) is 20.2. The van der Waals surface area contributed by atoms with Crippen LogP contribution in [0.5, 0.6) is 0 Å². The van der Waals surface area contributed by atoms with Crippen molar-refractivity contribution in [3.8, 4) is 11.1 Å². The molecule has 3 aromatic rings. The van der Waals surface area contributed by atoms with E-state index in [-0.39, 0.29) is 10.5 Å². The molecule has 3 aromatic carbocycles. The number of aryl methyl sites for hydroxylation is 2. The third-order valence-electron chi connectivity index (χ3n) is 5.42. The number of rotatable bonds is 9. The number of methoxy groups -OCH3 is 1. The molecule has 0 amide bonds. The molecule has 0 radical (unpaired) electrons. The zero-order valence-corrected chi connectivity index (χ0v) is 19.5. The Morgan fingerprint density at radius 1 is 0.906 bits per heavy atom. The molecule has 0 aliphatic heterocycles. The summed E-state index contributed by atoms with van der Waals surface area (Å²) >= 11 is 0. The van der Waals surface area contributed by atoms with Crippen LogP contribution in [0.4, 0.5) is 5.69 Å². The number of anilines is 1. The lowest BCUT2D eigenvalue weighted by atomic mass is 10.0. The summed E-state index contributed by atoms with van der Waals surface area (Å²) in [4.78, 5) is 12.1. The molecule has 0 aliphatic rings. The van der Waals surface area contributed by atoms with Crippen molar-refractivity contribution < 1.29 is 17.9 Å². The van der Waals surface area contributed by atoms with Gasteiger partial charge in [0.05, 0.1) is 17.6 Å². The molecule has 168 valence electrons. The second-order valence-corrected chi connectivity index (χ2v) is 9.33. The van der Waals surface area contributed by atoms with Crippen LogP contribution in [0, 0.1) is 0 Å². The number of ether oxygens (including phenoxy) is 1. The van der Waals surface area contributed by atoms with E-state index in [0.717, 1.165) is 23.1 Å². The highest BCUT2D eigenvalue weighted by molar-refractivity contribution is 7.92. The van der Waals surface area contributed by atoms with Gasteiger partial charge in [-0.25, -0.2) is 13.2 Å². The number of carbonyl (C=O) groups excluding carboxylic acids is 1. The Bertz CT molecular complexity index is 1170. The number of carbonyl (C=O) groups is 1. The molecule has 5 nitrogen and oxygen atoms in total. The van der Waals surface area contributed by atoms with Crippen LogP contribution in [-0.4, -0.2) is 21.5 Å². The molecule has 0 saturated carbocycles. The second-order valence-electron chi connectivity index (χ2n) is 7.65. The average molecular weight is 452 g/mol. The molecular formula is C26H29NO4S. The highest BCUT2D eigenvalue weighted by Gasteiger charge is 2.19. The van der Waals surface area contributed by atoms with Gasteiger partial charge in [-0.15, -0.1) is 0 Å². The zero-order valence-electron chi connectivity index (χ0n) is 18.7. The van der Waals surface area contributed by atoms with Crippen molar-refractivity contribution >= 4 is 21.7 Å². The normalized spacial score (nSPS) is 11.2. The van der Waals surface area contributed by atoms with Gasteiger partial charge in [0.15, 0.2) is 0 Å². The van der Waals surface area contributed by atoms with Crippen LogP contribution in [0.1, 0.15) is 48.2 Å². The summed E-state index contributed by atoms with van der Waals surface area (Å²) in [5, 5.41) is 0. The summed E-state index contributed by atoms with van der Waals surface area (Å²) < 4.78 is 33.1. The van der Waals surface area contributed by atoms with Crippen LogP contribution >= 0.6 is 0 Å². The fourth-order valence-electron chi connectivity index (χ4n) is 3.52. The molecule has 6 heteroatoms. The van der Waals surface area contributed by atoms with Crippen molar-refractivity contribution in [2.24, 2.45) is 0 Å². The summed E-state index contributed by atoms with van der Waals surface area (Å²) in [6.45, 7) is 4.08. The first-order chi connectivity index (χ1) is 15.4. The van der Waals surface area contributed by atoms with E-state index in [0.29, 0.717) is 12.1 Å². The third kappa shape index (κ3) is 5.56. The van der Waals surface area contributed by atoms with Crippen molar-refractivity contribution in [1.82, 2.24) is 0 Å². The van der Waals surface area contributed by atoms with Gasteiger partial charge < -0.3 is 4.74 Å². The van der Waals surface area contributed by atoms with Gasteiger partial charge in [-0.05, 0) is 65.8 Å². The van der Waals surface area contributed by atoms with Crippen LogP contribution in [0.2, 0.25) is 0 Å². The number of benzene rings is 3. The van der Waals surface area contributed by atoms with E-state index in [2.05, 4.69) is 35.9 Å². The van der Waals surface area contributed by atoms with Gasteiger partial charge in [0.25, 0.3) is 10.0 Å². The highest BCUT2D eigenvalue weighted by atomic mass is 32.2. The quantitative estimate of drug-likeness (QED) is 0.415. The predicted molar refractivity (Wildman–Crippen MR) is 128 cm³/mol. The Kier molecular flexibility index (Phi) is 7.70. The van der Waals surface area contributed by atoms with Gasteiger partial charge in [0.1, 0.15) is 0 Å². The maximum atomic E-state index is 12.9. The fourth-order valence-corrected chi connectivity index (χ4v) is 4.60. The lowest BCUT2D eigenvalue weighted by molar-refractivity contribution is 0.0599. The smallest absolute Gasteiger partial charge is 0.338 e. The number of unbranched alkanes of at least 4 members (excludes halogenated alkanes) is 1. The molecule has 0 atom stereocenters. The Labute approximate surface area is 190 Å². The van der Waals surface area contributed by atoms with E-state index in [1.165, 1.54) is 37.6 Å². The fraction of sp³-hybridized carbons (Fsp3) is 0.269. The molecule has 0 heterocycles. The van der Waals surface area contributed by atoms with Crippen molar-refractivity contribution in [2.75, 3.05) is 11.8 Å². The van der Waals surface area contributed by atoms with Crippen LogP contribution in [-0.2, 0) is 27.6 Å². The molecule has 0 unspecified atom stereocenters. The van der Waals surface area contributed by atoms with Crippen LogP contribution in [0.15, 0.2) is 71.6 Å². The largest absolute Gasteiger partial charge is 0.465 e. The molecule has 0 aromatic heterocycles. The Morgan fingerprint density at radius 2 is 1.53 bits per heavy atom. The highest BCUT2D eigenvalue weighted by Crippen LogP contribution is 2.25. The number of hydrogen-bond donors (Lipinski definition) is 1. The molecule has 3 rings (SSSR count). The molecule has 0 bridgehead atoms. The summed E-state index contributed by atoms with van der Waals surface area (Å²) in [7, 11) is -2.57. The Morgan fingerprint density at radius 3 is 2.09 bits per heavy atom. The number of sulfonamides is 1. The topological polar surface area (TPSA) is 72.5 Å². The first kappa shape index (κ1) is 23.5. The van der Waals surface area contributed by atoms with Gasteiger partial charge in [-0.2, -0.15) is 0 Å². The standard InChI is InChI=1S/C26H29NO4S/c1-4-6-7-19-8-10-21(11-9-19)22-12-15-23(16-13-22)27-32(29,30)24-17-14-20(5-2)25(18-24)26(28)31-3/h8-18,27H,4-7H2,1-3H3. The van der Waals surface area contributed by atoms with E-state index in [9.17, 15) is 13.2 Å². The summed E-state index contributed by atoms with van der Waals surface area (Å²) in [5.74, 6) is -0.552. The molecule has 0 aliphatic carbocycles. The van der Waals surface area contributed by atoms with E-state index in [4.69, 9.17) is 4.74 Å². The van der Waals surface area contributed by atoms with Crippen molar-refractivity contribution in [3.63, 3.8) is 0 Å². The number of hydrogen-bond acceptors (Lipinski definition) is 4. The number of nitrogens with one attached hydrogen (secondary N) is 1.